The van der Waals surface area contributed by atoms with Crippen molar-refractivity contribution in [3.05, 3.63) is 65.7 Å². The lowest BCUT2D eigenvalue weighted by atomic mass is 9.97. The Morgan fingerprint density at radius 1 is 1.16 bits per heavy atom. The minimum atomic E-state index is -1.07. The molecule has 0 radical (unpaired) electrons. The van der Waals surface area contributed by atoms with Crippen LogP contribution in [0.15, 0.2) is 54.6 Å². The molecule has 0 amide bonds. The molecule has 2 aromatic carbocycles. The van der Waals surface area contributed by atoms with E-state index in [-0.39, 0.29) is 6.61 Å². The predicted molar refractivity (Wildman–Crippen MR) is 73.3 cm³/mol. The Balaban J connectivity index is 2.07. The molecule has 98 valence electrons. The van der Waals surface area contributed by atoms with Crippen molar-refractivity contribution >= 4 is 6.29 Å². The number of hydrogen-bond acceptors (Lipinski definition) is 3. The Labute approximate surface area is 112 Å². The standard InChI is InChI=1S/C16H16O3/c1-16(18,14-7-3-2-4-8-14)12-19-15-9-5-6-13(10-15)11-17/h2-11,18H,12H2,1H3. The first-order chi connectivity index (χ1) is 9.12. The van der Waals surface area contributed by atoms with E-state index in [4.69, 9.17) is 4.74 Å². The van der Waals surface area contributed by atoms with Gasteiger partial charge in [-0.3, -0.25) is 4.79 Å². The maximum atomic E-state index is 10.7. The van der Waals surface area contributed by atoms with Gasteiger partial charge in [-0.2, -0.15) is 0 Å². The summed E-state index contributed by atoms with van der Waals surface area (Å²) in [6.07, 6.45) is 0.766. The summed E-state index contributed by atoms with van der Waals surface area (Å²) >= 11 is 0. The highest BCUT2D eigenvalue weighted by Crippen LogP contribution is 2.22. The molecule has 3 nitrogen and oxygen atoms in total. The van der Waals surface area contributed by atoms with Gasteiger partial charge in [-0.25, -0.2) is 0 Å². The average Bonchev–Trinajstić information content (AvgIpc) is 2.46. The largest absolute Gasteiger partial charge is 0.490 e. The highest BCUT2D eigenvalue weighted by Gasteiger charge is 2.23. The van der Waals surface area contributed by atoms with Crippen LogP contribution >= 0.6 is 0 Å². The zero-order valence-corrected chi connectivity index (χ0v) is 10.7. The lowest BCUT2D eigenvalue weighted by molar-refractivity contribution is 0.00759. The number of rotatable bonds is 5. The van der Waals surface area contributed by atoms with Crippen LogP contribution in [0.1, 0.15) is 22.8 Å². The van der Waals surface area contributed by atoms with E-state index in [1.165, 1.54) is 0 Å². The van der Waals surface area contributed by atoms with Crippen LogP contribution in [0, 0.1) is 0 Å². The number of ether oxygens (including phenoxy) is 1. The molecule has 2 aromatic rings. The molecule has 1 unspecified atom stereocenters. The number of benzene rings is 2. The highest BCUT2D eigenvalue weighted by molar-refractivity contribution is 5.75. The Morgan fingerprint density at radius 2 is 1.89 bits per heavy atom. The first-order valence-electron chi connectivity index (χ1n) is 6.08. The van der Waals surface area contributed by atoms with Crippen molar-refractivity contribution in [1.29, 1.82) is 0 Å². The molecular formula is C16H16O3. The summed E-state index contributed by atoms with van der Waals surface area (Å²) in [4.78, 5) is 10.7. The first kappa shape index (κ1) is 13.3. The summed E-state index contributed by atoms with van der Waals surface area (Å²) in [5, 5.41) is 10.4. The summed E-state index contributed by atoms with van der Waals surface area (Å²) in [5.74, 6) is 0.570. The Kier molecular flexibility index (Phi) is 3.97. The van der Waals surface area contributed by atoms with Gasteiger partial charge in [0.15, 0.2) is 0 Å². The molecule has 1 N–H and O–H groups in total. The van der Waals surface area contributed by atoms with Crippen LogP contribution in [-0.4, -0.2) is 18.0 Å². The molecule has 0 aliphatic heterocycles. The van der Waals surface area contributed by atoms with Gasteiger partial charge >= 0.3 is 0 Å². The van der Waals surface area contributed by atoms with Crippen molar-refractivity contribution in [2.45, 2.75) is 12.5 Å². The van der Waals surface area contributed by atoms with Gasteiger partial charge in [0.25, 0.3) is 0 Å². The number of carbonyl (C=O) groups excluding carboxylic acids is 1. The topological polar surface area (TPSA) is 46.5 Å². The molecule has 1 atom stereocenters. The van der Waals surface area contributed by atoms with Crippen molar-refractivity contribution in [1.82, 2.24) is 0 Å². The third-order valence-corrected chi connectivity index (χ3v) is 2.91. The number of hydrogen-bond donors (Lipinski definition) is 1. The van der Waals surface area contributed by atoms with Gasteiger partial charge in [-0.05, 0) is 24.6 Å². The van der Waals surface area contributed by atoms with E-state index in [0.717, 1.165) is 11.8 Å². The van der Waals surface area contributed by atoms with Crippen molar-refractivity contribution in [2.75, 3.05) is 6.61 Å². The van der Waals surface area contributed by atoms with E-state index < -0.39 is 5.60 Å². The Morgan fingerprint density at radius 3 is 2.58 bits per heavy atom. The monoisotopic (exact) mass is 256 g/mol. The first-order valence-corrected chi connectivity index (χ1v) is 6.08. The highest BCUT2D eigenvalue weighted by atomic mass is 16.5. The zero-order valence-electron chi connectivity index (χ0n) is 10.7. The summed E-state index contributed by atoms with van der Waals surface area (Å²) in [7, 11) is 0. The van der Waals surface area contributed by atoms with Gasteiger partial charge in [0.05, 0.1) is 0 Å². The van der Waals surface area contributed by atoms with Crippen LogP contribution < -0.4 is 4.74 Å². The molecule has 0 saturated carbocycles. The maximum Gasteiger partial charge on any atom is 0.150 e. The quantitative estimate of drug-likeness (QED) is 0.837. The normalized spacial score (nSPS) is 13.6. The lowest BCUT2D eigenvalue weighted by Crippen LogP contribution is -2.29. The summed E-state index contributed by atoms with van der Waals surface area (Å²) in [6, 6.07) is 16.2. The van der Waals surface area contributed by atoms with Crippen molar-refractivity contribution in [3.63, 3.8) is 0 Å². The fourth-order valence-corrected chi connectivity index (χ4v) is 1.78. The second-order valence-corrected chi connectivity index (χ2v) is 4.62. The van der Waals surface area contributed by atoms with Gasteiger partial charge in [-0.1, -0.05) is 42.5 Å². The molecule has 0 fully saturated rings. The van der Waals surface area contributed by atoms with Crippen molar-refractivity contribution in [3.8, 4) is 5.75 Å². The molecule has 0 saturated heterocycles. The lowest BCUT2D eigenvalue weighted by Gasteiger charge is -2.24. The molecule has 0 aliphatic carbocycles. The van der Waals surface area contributed by atoms with Crippen molar-refractivity contribution < 1.29 is 14.6 Å². The van der Waals surface area contributed by atoms with Gasteiger partial charge in [0.1, 0.15) is 24.2 Å². The van der Waals surface area contributed by atoms with Crippen LogP contribution in [0.3, 0.4) is 0 Å². The van der Waals surface area contributed by atoms with Gasteiger partial charge < -0.3 is 9.84 Å². The molecule has 2 rings (SSSR count). The van der Waals surface area contributed by atoms with Crippen LogP contribution in [0.4, 0.5) is 0 Å². The second-order valence-electron chi connectivity index (χ2n) is 4.62. The molecule has 0 bridgehead atoms. The van der Waals surface area contributed by atoms with E-state index in [0.29, 0.717) is 11.3 Å². The van der Waals surface area contributed by atoms with E-state index in [1.54, 1.807) is 31.2 Å². The molecule has 19 heavy (non-hydrogen) atoms. The average molecular weight is 256 g/mol. The second kappa shape index (κ2) is 5.67. The fraction of sp³-hybridized carbons (Fsp3) is 0.188. The SMILES string of the molecule is CC(O)(COc1cccc(C=O)c1)c1ccccc1. The van der Waals surface area contributed by atoms with Gasteiger partial charge in [0.2, 0.25) is 0 Å². The van der Waals surface area contributed by atoms with Gasteiger partial charge in [-0.15, -0.1) is 0 Å². The number of aldehydes is 1. The third kappa shape index (κ3) is 3.42. The number of aliphatic hydroxyl groups is 1. The zero-order chi connectivity index (χ0) is 13.7. The maximum absolute atomic E-state index is 10.7. The minimum Gasteiger partial charge on any atom is -0.490 e. The molecule has 0 spiro atoms. The molecule has 3 heteroatoms. The van der Waals surface area contributed by atoms with Crippen molar-refractivity contribution in [2.24, 2.45) is 0 Å². The van der Waals surface area contributed by atoms with Crippen LogP contribution in [0.25, 0.3) is 0 Å². The van der Waals surface area contributed by atoms with E-state index in [2.05, 4.69) is 0 Å². The molecular weight excluding hydrogens is 240 g/mol. The molecule has 0 aliphatic rings. The van der Waals surface area contributed by atoms with Gasteiger partial charge in [0, 0.05) is 5.56 Å². The fourth-order valence-electron chi connectivity index (χ4n) is 1.78. The van der Waals surface area contributed by atoms with E-state index in [1.807, 2.05) is 30.3 Å². The predicted octanol–water partition coefficient (Wildman–Crippen LogP) is 2.79. The summed E-state index contributed by atoms with van der Waals surface area (Å²) in [6.45, 7) is 1.82. The minimum absolute atomic E-state index is 0.124. The molecule has 0 aromatic heterocycles. The van der Waals surface area contributed by atoms with E-state index in [9.17, 15) is 9.90 Å². The summed E-state index contributed by atoms with van der Waals surface area (Å²) in [5.41, 5.74) is 0.275. The van der Waals surface area contributed by atoms with Crippen LogP contribution in [-0.2, 0) is 5.60 Å². The molecule has 0 heterocycles. The van der Waals surface area contributed by atoms with Crippen LogP contribution in [0.2, 0.25) is 0 Å². The Bertz CT molecular complexity index is 547. The van der Waals surface area contributed by atoms with Crippen LogP contribution in [0.5, 0.6) is 5.75 Å². The Hall–Kier alpha value is -2.13. The van der Waals surface area contributed by atoms with E-state index >= 15 is 0 Å². The summed E-state index contributed by atoms with van der Waals surface area (Å²) < 4.78 is 5.56. The number of carbonyl (C=O) groups is 1. The smallest absolute Gasteiger partial charge is 0.150 e. The third-order valence-electron chi connectivity index (χ3n) is 2.91.